The van der Waals surface area contributed by atoms with Gasteiger partial charge in [-0.2, -0.15) is 15.0 Å². The molecule has 1 heterocycles. The normalized spacial score (nSPS) is 10.6. The van der Waals surface area contributed by atoms with Crippen LogP contribution in [0.25, 0.3) is 0 Å². The van der Waals surface area contributed by atoms with Gasteiger partial charge in [0.1, 0.15) is 0 Å². The molecule has 0 atom stereocenters. The summed E-state index contributed by atoms with van der Waals surface area (Å²) in [5, 5.41) is 6.71. The summed E-state index contributed by atoms with van der Waals surface area (Å²) in [5.74, 6) is 1.71. The summed E-state index contributed by atoms with van der Waals surface area (Å²) in [6, 6.07) is 14.4. The molecular formula is C22H28N6. The van der Waals surface area contributed by atoms with Gasteiger partial charge in [-0.15, -0.1) is 0 Å². The summed E-state index contributed by atoms with van der Waals surface area (Å²) in [4.78, 5) is 16.0. The van der Waals surface area contributed by atoms with Crippen LogP contribution in [0.1, 0.15) is 30.5 Å². The van der Waals surface area contributed by atoms with E-state index in [4.69, 9.17) is 0 Å². The van der Waals surface area contributed by atoms with E-state index in [2.05, 4.69) is 89.4 Å². The number of anilines is 5. The van der Waals surface area contributed by atoms with Crippen molar-refractivity contribution in [2.24, 2.45) is 0 Å². The van der Waals surface area contributed by atoms with Gasteiger partial charge in [0.2, 0.25) is 17.8 Å². The predicted molar refractivity (Wildman–Crippen MR) is 117 cm³/mol. The molecule has 3 rings (SSSR count). The van der Waals surface area contributed by atoms with Gasteiger partial charge in [0.15, 0.2) is 0 Å². The summed E-state index contributed by atoms with van der Waals surface area (Å²) >= 11 is 0. The molecule has 2 N–H and O–H groups in total. The minimum absolute atomic E-state index is 0.527. The SMILES string of the molecule is CCN(CC)c1nc(Nc2ccccc2C)nc(Nc2cc(C)ccc2C)n1. The second-order valence-corrected chi connectivity index (χ2v) is 6.84. The average molecular weight is 377 g/mol. The first-order chi connectivity index (χ1) is 13.5. The van der Waals surface area contributed by atoms with Crippen LogP contribution < -0.4 is 15.5 Å². The summed E-state index contributed by atoms with van der Waals surface area (Å²) in [5.41, 5.74) is 5.44. The highest BCUT2D eigenvalue weighted by Gasteiger charge is 2.13. The van der Waals surface area contributed by atoms with E-state index >= 15 is 0 Å². The molecule has 0 spiro atoms. The number of hydrogen-bond acceptors (Lipinski definition) is 6. The van der Waals surface area contributed by atoms with E-state index in [0.29, 0.717) is 17.8 Å². The summed E-state index contributed by atoms with van der Waals surface area (Å²) in [6.07, 6.45) is 0. The number of aromatic nitrogens is 3. The molecule has 0 aliphatic heterocycles. The van der Waals surface area contributed by atoms with Gasteiger partial charge < -0.3 is 15.5 Å². The predicted octanol–water partition coefficient (Wildman–Crippen LogP) is 5.13. The lowest BCUT2D eigenvalue weighted by Crippen LogP contribution is -2.25. The minimum Gasteiger partial charge on any atom is -0.341 e. The molecule has 0 amide bonds. The van der Waals surface area contributed by atoms with E-state index in [1.807, 2.05) is 18.2 Å². The summed E-state index contributed by atoms with van der Waals surface area (Å²) in [6.45, 7) is 12.1. The fraction of sp³-hybridized carbons (Fsp3) is 0.318. The first kappa shape index (κ1) is 19.6. The lowest BCUT2D eigenvalue weighted by molar-refractivity contribution is 0.815. The van der Waals surface area contributed by atoms with E-state index in [-0.39, 0.29) is 0 Å². The first-order valence-corrected chi connectivity index (χ1v) is 9.68. The van der Waals surface area contributed by atoms with Gasteiger partial charge in [-0.25, -0.2) is 0 Å². The lowest BCUT2D eigenvalue weighted by atomic mass is 10.1. The van der Waals surface area contributed by atoms with Crippen LogP contribution in [0.4, 0.5) is 29.2 Å². The Morgan fingerprint density at radius 1 is 0.750 bits per heavy atom. The third-order valence-electron chi connectivity index (χ3n) is 4.70. The minimum atomic E-state index is 0.527. The molecule has 0 aliphatic carbocycles. The van der Waals surface area contributed by atoms with Crippen LogP contribution >= 0.6 is 0 Å². The zero-order valence-corrected chi connectivity index (χ0v) is 17.2. The molecule has 0 unspecified atom stereocenters. The number of benzene rings is 2. The highest BCUT2D eigenvalue weighted by Crippen LogP contribution is 2.24. The number of para-hydroxylation sites is 1. The van der Waals surface area contributed by atoms with Gasteiger partial charge in [0, 0.05) is 24.5 Å². The molecule has 2 aromatic carbocycles. The average Bonchev–Trinajstić information content (AvgIpc) is 2.67. The van der Waals surface area contributed by atoms with Crippen molar-refractivity contribution < 1.29 is 0 Å². The van der Waals surface area contributed by atoms with Gasteiger partial charge in [0.25, 0.3) is 0 Å². The summed E-state index contributed by atoms with van der Waals surface area (Å²) in [7, 11) is 0. The molecule has 0 bridgehead atoms. The van der Waals surface area contributed by atoms with Gasteiger partial charge in [-0.1, -0.05) is 30.3 Å². The van der Waals surface area contributed by atoms with Crippen LogP contribution in [0.2, 0.25) is 0 Å². The number of aryl methyl sites for hydroxylation is 3. The first-order valence-electron chi connectivity index (χ1n) is 9.68. The largest absolute Gasteiger partial charge is 0.341 e. The third kappa shape index (κ3) is 4.57. The van der Waals surface area contributed by atoms with Crippen molar-refractivity contribution >= 4 is 29.2 Å². The number of nitrogens with zero attached hydrogens (tertiary/aromatic N) is 4. The van der Waals surface area contributed by atoms with Gasteiger partial charge >= 0.3 is 0 Å². The molecule has 3 aromatic rings. The summed E-state index contributed by atoms with van der Waals surface area (Å²) < 4.78 is 0. The molecule has 28 heavy (non-hydrogen) atoms. The van der Waals surface area contributed by atoms with Gasteiger partial charge in [-0.05, 0) is 63.4 Å². The molecule has 6 nitrogen and oxygen atoms in total. The Kier molecular flexibility index (Phi) is 6.09. The lowest BCUT2D eigenvalue weighted by Gasteiger charge is -2.20. The Balaban J connectivity index is 2.00. The zero-order valence-electron chi connectivity index (χ0n) is 17.2. The van der Waals surface area contributed by atoms with Crippen molar-refractivity contribution in [3.05, 3.63) is 59.2 Å². The Morgan fingerprint density at radius 3 is 2.00 bits per heavy atom. The van der Waals surface area contributed by atoms with E-state index in [1.165, 1.54) is 5.56 Å². The molecule has 0 saturated heterocycles. The van der Waals surface area contributed by atoms with E-state index in [1.54, 1.807) is 0 Å². The maximum Gasteiger partial charge on any atom is 0.233 e. The van der Waals surface area contributed by atoms with Gasteiger partial charge in [-0.3, -0.25) is 0 Å². The quantitative estimate of drug-likeness (QED) is 0.596. The standard InChI is InChI=1S/C22H28N6/c1-6-28(7-2)22-26-20(23-18-11-9-8-10-16(18)4)25-21(27-22)24-19-14-15(3)12-13-17(19)5/h8-14H,6-7H2,1-5H3,(H2,23,24,25,26,27). The topological polar surface area (TPSA) is 66.0 Å². The highest BCUT2D eigenvalue weighted by atomic mass is 15.3. The second-order valence-electron chi connectivity index (χ2n) is 6.84. The molecule has 1 aromatic heterocycles. The van der Waals surface area contributed by atoms with Crippen LogP contribution in [0.3, 0.4) is 0 Å². The molecule has 6 heteroatoms. The number of rotatable bonds is 7. The smallest absolute Gasteiger partial charge is 0.233 e. The fourth-order valence-corrected chi connectivity index (χ4v) is 2.95. The molecular weight excluding hydrogens is 348 g/mol. The van der Waals surface area contributed by atoms with Crippen LogP contribution in [0.15, 0.2) is 42.5 Å². The molecule has 0 radical (unpaired) electrons. The van der Waals surface area contributed by atoms with E-state index in [0.717, 1.165) is 35.6 Å². The molecule has 0 saturated carbocycles. The third-order valence-corrected chi connectivity index (χ3v) is 4.70. The van der Waals surface area contributed by atoms with Crippen LogP contribution in [-0.4, -0.2) is 28.0 Å². The second kappa shape index (κ2) is 8.69. The van der Waals surface area contributed by atoms with Gasteiger partial charge in [0.05, 0.1) is 0 Å². The Bertz CT molecular complexity index is 950. The maximum absolute atomic E-state index is 4.66. The van der Waals surface area contributed by atoms with Crippen molar-refractivity contribution in [1.29, 1.82) is 0 Å². The maximum atomic E-state index is 4.66. The van der Waals surface area contributed by atoms with Crippen LogP contribution in [-0.2, 0) is 0 Å². The van der Waals surface area contributed by atoms with Crippen molar-refractivity contribution in [3.63, 3.8) is 0 Å². The van der Waals surface area contributed by atoms with E-state index in [9.17, 15) is 0 Å². The fourth-order valence-electron chi connectivity index (χ4n) is 2.95. The van der Waals surface area contributed by atoms with E-state index < -0.39 is 0 Å². The molecule has 146 valence electrons. The Labute approximate surface area is 167 Å². The Hall–Kier alpha value is -3.15. The molecule has 0 aliphatic rings. The zero-order chi connectivity index (χ0) is 20.1. The highest BCUT2D eigenvalue weighted by molar-refractivity contribution is 5.63. The van der Waals surface area contributed by atoms with Crippen LogP contribution in [0.5, 0.6) is 0 Å². The number of nitrogens with one attached hydrogen (secondary N) is 2. The monoisotopic (exact) mass is 376 g/mol. The van der Waals surface area contributed by atoms with Crippen molar-refractivity contribution in [2.45, 2.75) is 34.6 Å². The van der Waals surface area contributed by atoms with Crippen molar-refractivity contribution in [1.82, 2.24) is 15.0 Å². The number of hydrogen-bond donors (Lipinski definition) is 2. The van der Waals surface area contributed by atoms with Crippen LogP contribution in [0, 0.1) is 20.8 Å². The van der Waals surface area contributed by atoms with Crippen molar-refractivity contribution in [3.8, 4) is 0 Å². The molecule has 0 fully saturated rings. The van der Waals surface area contributed by atoms with Crippen molar-refractivity contribution in [2.75, 3.05) is 28.6 Å². The Morgan fingerprint density at radius 2 is 1.36 bits per heavy atom.